The van der Waals surface area contributed by atoms with E-state index in [1.165, 1.54) is 13.3 Å². The Bertz CT molecular complexity index is 1030. The molecule has 0 aliphatic carbocycles. The number of ether oxygens (including phenoxy) is 2. The van der Waals surface area contributed by atoms with Gasteiger partial charge in [-0.2, -0.15) is 0 Å². The number of aromatic nitrogens is 1. The molecule has 1 amide bonds. The Hall–Kier alpha value is -3.61. The van der Waals surface area contributed by atoms with Gasteiger partial charge in [-0.05, 0) is 28.8 Å². The first kappa shape index (κ1) is 18.7. The Morgan fingerprint density at radius 1 is 1.21 bits per heavy atom. The highest BCUT2D eigenvalue weighted by Gasteiger charge is 2.28. The van der Waals surface area contributed by atoms with Crippen LogP contribution in [0, 0.1) is 0 Å². The zero-order valence-electron chi connectivity index (χ0n) is 15.9. The highest BCUT2D eigenvalue weighted by Crippen LogP contribution is 2.29. The molecule has 1 aromatic heterocycles. The van der Waals surface area contributed by atoms with Crippen LogP contribution in [0.25, 0.3) is 0 Å². The Kier molecular flexibility index (Phi) is 5.29. The van der Waals surface area contributed by atoms with Gasteiger partial charge >= 0.3 is 5.97 Å². The van der Waals surface area contributed by atoms with Crippen LogP contribution < -0.4 is 10.1 Å². The standard InChI is InChI=1S/C22H20N2O5/c1-27-22(26)20(16-7-8-18-15(12-16)9-10-28-18)24-21(25)17-13-23-29-19(17)11-14-5-3-2-4-6-14/h2-8,12-13,20H,9-11H2,1H3,(H,24,25). The Balaban J connectivity index is 1.57. The van der Waals surface area contributed by atoms with Gasteiger partial charge in [-0.15, -0.1) is 0 Å². The van der Waals surface area contributed by atoms with Gasteiger partial charge in [0.1, 0.15) is 11.3 Å². The minimum atomic E-state index is -0.946. The summed E-state index contributed by atoms with van der Waals surface area (Å²) in [7, 11) is 1.29. The summed E-state index contributed by atoms with van der Waals surface area (Å²) in [5.41, 5.74) is 2.91. The van der Waals surface area contributed by atoms with Crippen molar-refractivity contribution in [3.63, 3.8) is 0 Å². The number of benzene rings is 2. The number of amides is 1. The van der Waals surface area contributed by atoms with Crippen molar-refractivity contribution in [2.45, 2.75) is 18.9 Å². The van der Waals surface area contributed by atoms with Crippen molar-refractivity contribution in [2.24, 2.45) is 0 Å². The average molecular weight is 392 g/mol. The van der Waals surface area contributed by atoms with Crippen molar-refractivity contribution >= 4 is 11.9 Å². The number of hydrogen-bond acceptors (Lipinski definition) is 6. The molecule has 1 aliphatic heterocycles. The maximum atomic E-state index is 12.9. The van der Waals surface area contributed by atoms with Crippen molar-refractivity contribution in [3.05, 3.63) is 82.7 Å². The van der Waals surface area contributed by atoms with Gasteiger partial charge in [0, 0.05) is 12.8 Å². The molecule has 0 bridgehead atoms. The lowest BCUT2D eigenvalue weighted by atomic mass is 10.0. The summed E-state index contributed by atoms with van der Waals surface area (Å²) >= 11 is 0. The van der Waals surface area contributed by atoms with Gasteiger partial charge in [0.2, 0.25) is 0 Å². The number of carbonyl (C=O) groups is 2. The highest BCUT2D eigenvalue weighted by molar-refractivity contribution is 5.97. The van der Waals surface area contributed by atoms with E-state index in [-0.39, 0.29) is 5.56 Å². The van der Waals surface area contributed by atoms with E-state index in [1.54, 1.807) is 12.1 Å². The molecule has 0 radical (unpaired) electrons. The third-order valence-electron chi connectivity index (χ3n) is 4.86. The largest absolute Gasteiger partial charge is 0.493 e. The third-order valence-corrected chi connectivity index (χ3v) is 4.86. The molecular formula is C22H20N2O5. The van der Waals surface area contributed by atoms with E-state index in [0.717, 1.165) is 23.3 Å². The normalized spacial score (nSPS) is 13.3. The quantitative estimate of drug-likeness (QED) is 0.649. The molecule has 0 spiro atoms. The Morgan fingerprint density at radius 2 is 2.03 bits per heavy atom. The predicted octanol–water partition coefficient (Wildman–Crippen LogP) is 2.84. The van der Waals surface area contributed by atoms with Crippen LogP contribution in [0.1, 0.15) is 38.9 Å². The van der Waals surface area contributed by atoms with Crippen LogP contribution >= 0.6 is 0 Å². The maximum absolute atomic E-state index is 12.9. The number of rotatable bonds is 6. The van der Waals surface area contributed by atoms with Gasteiger partial charge in [0.05, 0.1) is 19.9 Å². The molecule has 2 aromatic carbocycles. The summed E-state index contributed by atoms with van der Waals surface area (Å²) in [6, 6.07) is 14.1. The van der Waals surface area contributed by atoms with Gasteiger partial charge < -0.3 is 19.3 Å². The molecule has 1 aliphatic rings. The van der Waals surface area contributed by atoms with E-state index in [4.69, 9.17) is 14.0 Å². The van der Waals surface area contributed by atoms with Gasteiger partial charge in [0.15, 0.2) is 11.8 Å². The molecule has 0 saturated heterocycles. The van der Waals surface area contributed by atoms with Crippen LogP contribution in [0.5, 0.6) is 5.75 Å². The summed E-state index contributed by atoms with van der Waals surface area (Å²) in [6.07, 6.45) is 2.54. The second-order valence-electron chi connectivity index (χ2n) is 6.72. The lowest BCUT2D eigenvalue weighted by Gasteiger charge is -2.17. The smallest absolute Gasteiger partial charge is 0.333 e. The minimum absolute atomic E-state index is 0.284. The van der Waals surface area contributed by atoms with Crippen molar-refractivity contribution in [2.75, 3.05) is 13.7 Å². The van der Waals surface area contributed by atoms with Gasteiger partial charge in [-0.3, -0.25) is 4.79 Å². The molecule has 1 unspecified atom stereocenters. The second kappa shape index (κ2) is 8.18. The first-order valence-electron chi connectivity index (χ1n) is 9.27. The first-order chi connectivity index (χ1) is 14.2. The number of methoxy groups -OCH3 is 1. The number of hydrogen-bond donors (Lipinski definition) is 1. The monoisotopic (exact) mass is 392 g/mol. The lowest BCUT2D eigenvalue weighted by Crippen LogP contribution is -2.34. The van der Waals surface area contributed by atoms with E-state index in [9.17, 15) is 9.59 Å². The Morgan fingerprint density at radius 3 is 2.83 bits per heavy atom. The topological polar surface area (TPSA) is 90.7 Å². The average Bonchev–Trinajstić information content (AvgIpc) is 3.41. The lowest BCUT2D eigenvalue weighted by molar-refractivity contribution is -0.143. The van der Waals surface area contributed by atoms with Crippen LogP contribution in [0.3, 0.4) is 0 Å². The van der Waals surface area contributed by atoms with Crippen molar-refractivity contribution in [1.29, 1.82) is 0 Å². The van der Waals surface area contributed by atoms with Crippen LogP contribution in [0.2, 0.25) is 0 Å². The fourth-order valence-corrected chi connectivity index (χ4v) is 3.35. The summed E-state index contributed by atoms with van der Waals surface area (Å²) in [6.45, 7) is 0.609. The second-order valence-corrected chi connectivity index (χ2v) is 6.72. The summed E-state index contributed by atoms with van der Waals surface area (Å²) in [5, 5.41) is 6.51. The number of fused-ring (bicyclic) bond motifs is 1. The molecule has 4 rings (SSSR count). The van der Waals surface area contributed by atoms with Crippen molar-refractivity contribution in [1.82, 2.24) is 10.5 Å². The predicted molar refractivity (Wildman–Crippen MR) is 104 cm³/mol. The molecule has 0 saturated carbocycles. The van der Waals surface area contributed by atoms with Crippen LogP contribution in [-0.4, -0.2) is 30.7 Å². The van der Waals surface area contributed by atoms with Crippen molar-refractivity contribution < 1.29 is 23.6 Å². The molecule has 0 fully saturated rings. The van der Waals surface area contributed by atoms with Gasteiger partial charge in [0.25, 0.3) is 5.91 Å². The number of carbonyl (C=O) groups excluding carboxylic acids is 2. The molecule has 7 nitrogen and oxygen atoms in total. The fourth-order valence-electron chi connectivity index (χ4n) is 3.35. The molecule has 2 heterocycles. The number of nitrogens with zero attached hydrogens (tertiary/aromatic N) is 1. The zero-order chi connectivity index (χ0) is 20.2. The molecule has 148 valence electrons. The molecule has 3 aromatic rings. The van der Waals surface area contributed by atoms with Gasteiger partial charge in [-0.25, -0.2) is 4.79 Å². The van der Waals surface area contributed by atoms with E-state index in [2.05, 4.69) is 10.5 Å². The molecular weight excluding hydrogens is 372 g/mol. The maximum Gasteiger partial charge on any atom is 0.333 e. The highest BCUT2D eigenvalue weighted by atomic mass is 16.5. The van der Waals surface area contributed by atoms with Crippen molar-refractivity contribution in [3.8, 4) is 5.75 Å². The molecule has 1 N–H and O–H groups in total. The van der Waals surface area contributed by atoms with Gasteiger partial charge in [-0.1, -0.05) is 41.6 Å². The SMILES string of the molecule is COC(=O)C(NC(=O)c1cnoc1Cc1ccccc1)c1ccc2c(c1)CCO2. The van der Waals surface area contributed by atoms with E-state index >= 15 is 0 Å². The van der Waals surface area contributed by atoms with Crippen LogP contribution in [0.15, 0.2) is 59.3 Å². The van der Waals surface area contributed by atoms with E-state index in [1.807, 2.05) is 36.4 Å². The fraction of sp³-hybridized carbons (Fsp3) is 0.227. The Labute approximate surface area is 167 Å². The third kappa shape index (κ3) is 3.99. The van der Waals surface area contributed by atoms with Crippen LogP contribution in [-0.2, 0) is 22.4 Å². The zero-order valence-corrected chi connectivity index (χ0v) is 15.9. The van der Waals surface area contributed by atoms with Crippen LogP contribution in [0.4, 0.5) is 0 Å². The summed E-state index contributed by atoms with van der Waals surface area (Å²) in [5.74, 6) is 0.218. The van der Waals surface area contributed by atoms with E-state index in [0.29, 0.717) is 24.4 Å². The minimum Gasteiger partial charge on any atom is -0.493 e. The summed E-state index contributed by atoms with van der Waals surface area (Å²) < 4.78 is 15.7. The summed E-state index contributed by atoms with van der Waals surface area (Å²) in [4.78, 5) is 25.3. The first-order valence-corrected chi connectivity index (χ1v) is 9.27. The number of esters is 1. The van der Waals surface area contributed by atoms with E-state index < -0.39 is 17.9 Å². The molecule has 7 heteroatoms. The molecule has 29 heavy (non-hydrogen) atoms. The molecule has 1 atom stereocenters. The number of nitrogens with one attached hydrogen (secondary N) is 1.